The van der Waals surface area contributed by atoms with Crippen molar-refractivity contribution in [3.05, 3.63) is 54.2 Å². The zero-order valence-corrected chi connectivity index (χ0v) is 13.2. The second-order valence-electron chi connectivity index (χ2n) is 4.93. The van der Waals surface area contributed by atoms with Gasteiger partial charge in [-0.15, -0.1) is 10.2 Å². The summed E-state index contributed by atoms with van der Waals surface area (Å²) >= 11 is 0. The van der Waals surface area contributed by atoms with Crippen molar-refractivity contribution >= 4 is 5.69 Å². The molecule has 3 aromatic rings. The van der Waals surface area contributed by atoms with Crippen molar-refractivity contribution in [3.8, 4) is 23.0 Å². The van der Waals surface area contributed by atoms with Crippen LogP contribution >= 0.6 is 0 Å². The van der Waals surface area contributed by atoms with E-state index in [0.29, 0.717) is 35.5 Å². The van der Waals surface area contributed by atoms with Crippen LogP contribution in [0.25, 0.3) is 11.5 Å². The Balaban J connectivity index is 1.73. The summed E-state index contributed by atoms with van der Waals surface area (Å²) in [7, 11) is 3.13. The summed E-state index contributed by atoms with van der Waals surface area (Å²) in [5, 5.41) is 11.0. The molecule has 0 spiro atoms. The van der Waals surface area contributed by atoms with Gasteiger partial charge >= 0.3 is 0 Å². The molecule has 0 aliphatic carbocycles. The molecular formula is C17H16FN3O3. The van der Waals surface area contributed by atoms with Crippen molar-refractivity contribution in [2.24, 2.45) is 0 Å². The molecule has 0 saturated heterocycles. The molecule has 3 rings (SSSR count). The Labute approximate surface area is 138 Å². The van der Waals surface area contributed by atoms with Crippen LogP contribution in [-0.4, -0.2) is 24.4 Å². The van der Waals surface area contributed by atoms with Gasteiger partial charge in [-0.05, 0) is 36.4 Å². The quantitative estimate of drug-likeness (QED) is 0.746. The topological polar surface area (TPSA) is 69.4 Å². The molecule has 0 aliphatic rings. The summed E-state index contributed by atoms with van der Waals surface area (Å²) in [4.78, 5) is 0. The van der Waals surface area contributed by atoms with E-state index in [0.717, 1.165) is 5.56 Å². The molecule has 1 N–H and O–H groups in total. The van der Waals surface area contributed by atoms with Gasteiger partial charge in [-0.3, -0.25) is 0 Å². The Morgan fingerprint density at radius 2 is 1.88 bits per heavy atom. The second kappa shape index (κ2) is 6.99. The third-order valence-corrected chi connectivity index (χ3v) is 3.37. The fourth-order valence-corrected chi connectivity index (χ4v) is 2.19. The second-order valence-corrected chi connectivity index (χ2v) is 4.93. The van der Waals surface area contributed by atoms with Crippen LogP contribution in [-0.2, 0) is 6.54 Å². The van der Waals surface area contributed by atoms with E-state index in [1.807, 2.05) is 0 Å². The molecule has 124 valence electrons. The van der Waals surface area contributed by atoms with E-state index in [9.17, 15) is 4.39 Å². The highest BCUT2D eigenvalue weighted by atomic mass is 19.1. The zero-order valence-electron chi connectivity index (χ0n) is 13.2. The fourth-order valence-electron chi connectivity index (χ4n) is 2.19. The van der Waals surface area contributed by atoms with Crippen LogP contribution < -0.4 is 14.8 Å². The number of rotatable bonds is 6. The van der Waals surface area contributed by atoms with Crippen LogP contribution in [0, 0.1) is 5.82 Å². The average molecular weight is 329 g/mol. The number of benzene rings is 2. The Hall–Kier alpha value is -3.09. The summed E-state index contributed by atoms with van der Waals surface area (Å²) in [6.07, 6.45) is 0. The van der Waals surface area contributed by atoms with Crippen molar-refractivity contribution in [3.63, 3.8) is 0 Å². The normalized spacial score (nSPS) is 10.5. The van der Waals surface area contributed by atoms with Crippen molar-refractivity contribution in [1.29, 1.82) is 0 Å². The zero-order chi connectivity index (χ0) is 16.9. The molecule has 0 atom stereocenters. The number of ether oxygens (including phenoxy) is 2. The Morgan fingerprint density at radius 3 is 2.62 bits per heavy atom. The van der Waals surface area contributed by atoms with E-state index in [4.69, 9.17) is 13.9 Å². The number of aromatic nitrogens is 2. The van der Waals surface area contributed by atoms with Gasteiger partial charge in [0.1, 0.15) is 5.82 Å². The van der Waals surface area contributed by atoms with Crippen molar-refractivity contribution in [2.75, 3.05) is 19.5 Å². The van der Waals surface area contributed by atoms with Gasteiger partial charge in [0.2, 0.25) is 11.8 Å². The maximum Gasteiger partial charge on any atom is 0.247 e. The highest BCUT2D eigenvalue weighted by molar-refractivity contribution is 5.59. The van der Waals surface area contributed by atoms with Crippen LogP contribution in [0.5, 0.6) is 11.5 Å². The minimum Gasteiger partial charge on any atom is -0.493 e. The van der Waals surface area contributed by atoms with E-state index >= 15 is 0 Å². The summed E-state index contributed by atoms with van der Waals surface area (Å²) < 4.78 is 29.2. The SMILES string of the molecule is COc1ccc(-c2nnc(CNc3cccc(F)c3)o2)cc1OC. The number of methoxy groups -OCH3 is 2. The number of hydrogen-bond donors (Lipinski definition) is 1. The van der Waals surface area contributed by atoms with Gasteiger partial charge in [0.05, 0.1) is 20.8 Å². The molecule has 0 amide bonds. The standard InChI is InChI=1S/C17H16FN3O3/c1-22-14-7-6-11(8-15(14)23-2)17-21-20-16(24-17)10-19-13-5-3-4-12(18)9-13/h3-9,19H,10H2,1-2H3. The summed E-state index contributed by atoms with van der Waals surface area (Å²) in [5.41, 5.74) is 1.36. The first kappa shape index (κ1) is 15.8. The Morgan fingerprint density at radius 1 is 1.04 bits per heavy atom. The molecule has 1 heterocycles. The number of hydrogen-bond acceptors (Lipinski definition) is 6. The van der Waals surface area contributed by atoms with E-state index in [1.54, 1.807) is 44.6 Å². The maximum atomic E-state index is 13.1. The van der Waals surface area contributed by atoms with E-state index in [-0.39, 0.29) is 5.82 Å². The predicted octanol–water partition coefficient (Wildman–Crippen LogP) is 3.51. The minimum atomic E-state index is -0.309. The van der Waals surface area contributed by atoms with Crippen LogP contribution in [0.2, 0.25) is 0 Å². The van der Waals surface area contributed by atoms with Crippen LogP contribution in [0.1, 0.15) is 5.89 Å². The minimum absolute atomic E-state index is 0.295. The largest absolute Gasteiger partial charge is 0.493 e. The Bertz CT molecular complexity index is 835. The van der Waals surface area contributed by atoms with E-state index < -0.39 is 0 Å². The van der Waals surface area contributed by atoms with Crippen LogP contribution in [0.3, 0.4) is 0 Å². The van der Waals surface area contributed by atoms with Gasteiger partial charge in [-0.1, -0.05) is 6.07 Å². The molecule has 6 nitrogen and oxygen atoms in total. The third-order valence-electron chi connectivity index (χ3n) is 3.37. The molecule has 0 aliphatic heterocycles. The van der Waals surface area contributed by atoms with Gasteiger partial charge in [0, 0.05) is 11.3 Å². The molecule has 0 unspecified atom stereocenters. The molecule has 7 heteroatoms. The number of nitrogens with zero attached hydrogens (tertiary/aromatic N) is 2. The lowest BCUT2D eigenvalue weighted by Crippen LogP contribution is -1.99. The van der Waals surface area contributed by atoms with Gasteiger partial charge < -0.3 is 19.2 Å². The van der Waals surface area contributed by atoms with E-state index in [1.165, 1.54) is 12.1 Å². The number of anilines is 1. The number of nitrogens with one attached hydrogen (secondary N) is 1. The maximum absolute atomic E-state index is 13.1. The van der Waals surface area contributed by atoms with E-state index in [2.05, 4.69) is 15.5 Å². The van der Waals surface area contributed by atoms with Crippen molar-refractivity contribution in [2.45, 2.75) is 6.54 Å². The summed E-state index contributed by atoms with van der Waals surface area (Å²) in [6.45, 7) is 0.295. The molecular weight excluding hydrogens is 313 g/mol. The average Bonchev–Trinajstić information content (AvgIpc) is 3.08. The summed E-state index contributed by atoms with van der Waals surface area (Å²) in [6, 6.07) is 11.5. The first-order valence-corrected chi connectivity index (χ1v) is 7.24. The monoisotopic (exact) mass is 329 g/mol. The Kier molecular flexibility index (Phi) is 4.60. The molecule has 0 bridgehead atoms. The van der Waals surface area contributed by atoms with Gasteiger partial charge in [-0.2, -0.15) is 0 Å². The molecule has 24 heavy (non-hydrogen) atoms. The molecule has 1 aromatic heterocycles. The first-order valence-electron chi connectivity index (χ1n) is 7.24. The van der Waals surface area contributed by atoms with Crippen LogP contribution in [0.15, 0.2) is 46.9 Å². The van der Waals surface area contributed by atoms with Crippen LogP contribution in [0.4, 0.5) is 10.1 Å². The third kappa shape index (κ3) is 3.45. The molecule has 0 radical (unpaired) electrons. The molecule has 2 aromatic carbocycles. The first-order chi connectivity index (χ1) is 11.7. The van der Waals surface area contributed by atoms with Gasteiger partial charge in [0.15, 0.2) is 11.5 Å². The van der Waals surface area contributed by atoms with Gasteiger partial charge in [0.25, 0.3) is 0 Å². The molecule has 0 saturated carbocycles. The predicted molar refractivity (Wildman–Crippen MR) is 86.6 cm³/mol. The lowest BCUT2D eigenvalue weighted by molar-refractivity contribution is 0.355. The highest BCUT2D eigenvalue weighted by Crippen LogP contribution is 2.31. The van der Waals surface area contributed by atoms with Crippen molar-refractivity contribution in [1.82, 2.24) is 10.2 Å². The summed E-state index contributed by atoms with van der Waals surface area (Å²) in [5.74, 6) is 1.65. The van der Waals surface area contributed by atoms with Crippen molar-refractivity contribution < 1.29 is 18.3 Å². The highest BCUT2D eigenvalue weighted by Gasteiger charge is 2.12. The number of halogens is 1. The fraction of sp³-hybridized carbons (Fsp3) is 0.176. The smallest absolute Gasteiger partial charge is 0.247 e. The lowest BCUT2D eigenvalue weighted by Gasteiger charge is -2.07. The molecule has 0 fully saturated rings. The van der Waals surface area contributed by atoms with Gasteiger partial charge in [-0.25, -0.2) is 4.39 Å². The lowest BCUT2D eigenvalue weighted by atomic mass is 10.2.